The van der Waals surface area contributed by atoms with Crippen LogP contribution in [0.15, 0.2) is 30.9 Å². The number of ether oxygens (including phenoxy) is 1. The molecule has 0 aliphatic heterocycles. The smallest absolute Gasteiger partial charge is 0.288 e. The molecule has 3 aromatic heterocycles. The third-order valence-electron chi connectivity index (χ3n) is 4.35. The number of fused-ring (bicyclic) bond motifs is 1. The van der Waals surface area contributed by atoms with Crippen LogP contribution in [-0.2, 0) is 7.05 Å². The van der Waals surface area contributed by atoms with Crippen molar-refractivity contribution < 1.29 is 9.53 Å². The summed E-state index contributed by atoms with van der Waals surface area (Å²) >= 11 is 6.32. The molecular weight excluding hydrogens is 370 g/mol. The summed E-state index contributed by atoms with van der Waals surface area (Å²) < 4.78 is 9.16. The summed E-state index contributed by atoms with van der Waals surface area (Å²) in [6.45, 7) is 0. The average Bonchev–Trinajstić information content (AvgIpc) is 3.40. The van der Waals surface area contributed by atoms with E-state index in [4.69, 9.17) is 16.3 Å². The van der Waals surface area contributed by atoms with Gasteiger partial charge in [-0.2, -0.15) is 5.10 Å². The van der Waals surface area contributed by atoms with E-state index in [0.717, 1.165) is 16.6 Å². The maximum absolute atomic E-state index is 11.9. The molecule has 1 amide bonds. The van der Waals surface area contributed by atoms with Gasteiger partial charge in [-0.15, -0.1) is 0 Å². The van der Waals surface area contributed by atoms with E-state index in [-0.39, 0.29) is 11.7 Å². The van der Waals surface area contributed by atoms with Gasteiger partial charge < -0.3 is 19.2 Å². The SMILES string of the molecule is CNC(=O)c1nc(-c2c(-n3ccnc3)c3cc(OC)c(Cl)cc3n2C)n[nH]1. The van der Waals surface area contributed by atoms with Crippen LogP contribution in [0.3, 0.4) is 0 Å². The van der Waals surface area contributed by atoms with Crippen LogP contribution in [0.2, 0.25) is 5.02 Å². The van der Waals surface area contributed by atoms with Crippen molar-refractivity contribution in [3.05, 3.63) is 41.7 Å². The van der Waals surface area contributed by atoms with Crippen LogP contribution in [0, 0.1) is 0 Å². The fourth-order valence-corrected chi connectivity index (χ4v) is 3.30. The molecule has 0 unspecified atom stereocenters. The normalized spacial score (nSPS) is 11.1. The minimum atomic E-state index is -0.346. The predicted molar refractivity (Wildman–Crippen MR) is 100 cm³/mol. The number of nitrogens with zero attached hydrogens (tertiary/aromatic N) is 5. The quantitative estimate of drug-likeness (QED) is 0.560. The Balaban J connectivity index is 2.05. The molecule has 0 radical (unpaired) electrons. The maximum atomic E-state index is 11.9. The zero-order valence-electron chi connectivity index (χ0n) is 14.8. The Hall–Kier alpha value is -3.33. The van der Waals surface area contributed by atoms with E-state index >= 15 is 0 Å². The molecule has 0 aliphatic carbocycles. The molecule has 10 heteroatoms. The highest BCUT2D eigenvalue weighted by Crippen LogP contribution is 2.39. The Morgan fingerprint density at radius 1 is 1.37 bits per heavy atom. The average molecular weight is 386 g/mol. The molecular formula is C17H16ClN7O2. The van der Waals surface area contributed by atoms with E-state index in [9.17, 15) is 4.79 Å². The summed E-state index contributed by atoms with van der Waals surface area (Å²) in [5.74, 6) is 0.723. The molecule has 0 spiro atoms. The van der Waals surface area contributed by atoms with E-state index in [2.05, 4.69) is 25.5 Å². The first-order chi connectivity index (χ1) is 13.0. The van der Waals surface area contributed by atoms with Gasteiger partial charge in [0.15, 0.2) is 5.82 Å². The third-order valence-corrected chi connectivity index (χ3v) is 4.64. The van der Waals surface area contributed by atoms with Gasteiger partial charge in [-0.05, 0) is 12.1 Å². The highest BCUT2D eigenvalue weighted by molar-refractivity contribution is 6.33. The molecule has 0 bridgehead atoms. The van der Waals surface area contributed by atoms with Gasteiger partial charge in [-0.25, -0.2) is 9.97 Å². The molecule has 138 valence electrons. The van der Waals surface area contributed by atoms with Crippen LogP contribution in [0.25, 0.3) is 28.1 Å². The number of amides is 1. The highest BCUT2D eigenvalue weighted by Gasteiger charge is 2.24. The van der Waals surface area contributed by atoms with Crippen molar-refractivity contribution in [2.75, 3.05) is 14.2 Å². The lowest BCUT2D eigenvalue weighted by Gasteiger charge is -2.05. The summed E-state index contributed by atoms with van der Waals surface area (Å²) in [5.41, 5.74) is 2.38. The number of halogens is 1. The number of nitrogens with one attached hydrogen (secondary N) is 2. The lowest BCUT2D eigenvalue weighted by Crippen LogP contribution is -2.19. The molecule has 4 rings (SSSR count). The monoisotopic (exact) mass is 385 g/mol. The molecule has 0 aliphatic rings. The largest absolute Gasteiger partial charge is 0.495 e. The van der Waals surface area contributed by atoms with Crippen LogP contribution in [-0.4, -0.2) is 49.4 Å². The molecule has 9 nitrogen and oxygen atoms in total. The van der Waals surface area contributed by atoms with E-state index in [1.165, 1.54) is 7.05 Å². The number of aromatic nitrogens is 6. The lowest BCUT2D eigenvalue weighted by atomic mass is 10.2. The minimum Gasteiger partial charge on any atom is -0.495 e. The molecule has 3 heterocycles. The Morgan fingerprint density at radius 2 is 2.19 bits per heavy atom. The second-order valence-electron chi connectivity index (χ2n) is 5.82. The molecule has 0 atom stereocenters. The Bertz CT molecular complexity index is 1140. The van der Waals surface area contributed by atoms with Crippen LogP contribution in [0.5, 0.6) is 5.75 Å². The van der Waals surface area contributed by atoms with Gasteiger partial charge in [0, 0.05) is 31.9 Å². The number of imidazole rings is 1. The zero-order chi connectivity index (χ0) is 19.1. The number of aryl methyl sites for hydroxylation is 1. The van der Waals surface area contributed by atoms with Crippen molar-refractivity contribution >= 4 is 28.4 Å². The fourth-order valence-electron chi connectivity index (χ4n) is 3.07. The van der Waals surface area contributed by atoms with Crippen LogP contribution in [0.1, 0.15) is 10.6 Å². The second kappa shape index (κ2) is 6.44. The van der Waals surface area contributed by atoms with Gasteiger partial charge in [0.05, 0.1) is 29.7 Å². The van der Waals surface area contributed by atoms with Crippen molar-refractivity contribution in [3.8, 4) is 23.0 Å². The topological polar surface area (TPSA) is 103 Å². The number of rotatable bonds is 4. The molecule has 2 N–H and O–H groups in total. The summed E-state index contributed by atoms with van der Waals surface area (Å²) in [4.78, 5) is 20.3. The van der Waals surface area contributed by atoms with Gasteiger partial charge >= 0.3 is 0 Å². The number of aromatic amines is 1. The van der Waals surface area contributed by atoms with Gasteiger partial charge in [0.25, 0.3) is 5.91 Å². The van der Waals surface area contributed by atoms with Gasteiger partial charge in [-0.3, -0.25) is 9.89 Å². The van der Waals surface area contributed by atoms with Crippen molar-refractivity contribution in [3.63, 3.8) is 0 Å². The van der Waals surface area contributed by atoms with Crippen LogP contribution in [0.4, 0.5) is 0 Å². The van der Waals surface area contributed by atoms with E-state index in [1.54, 1.807) is 19.6 Å². The summed E-state index contributed by atoms with van der Waals surface area (Å²) in [7, 11) is 4.99. The number of carbonyl (C=O) groups is 1. The predicted octanol–water partition coefficient (Wildman–Crippen LogP) is 2.17. The van der Waals surface area contributed by atoms with Gasteiger partial charge in [0.1, 0.15) is 11.4 Å². The number of benzene rings is 1. The number of carbonyl (C=O) groups excluding carboxylic acids is 1. The first kappa shape index (κ1) is 17.1. The van der Waals surface area contributed by atoms with Crippen LogP contribution >= 0.6 is 11.6 Å². The van der Waals surface area contributed by atoms with Crippen molar-refractivity contribution in [2.24, 2.45) is 7.05 Å². The number of H-pyrrole nitrogens is 1. The van der Waals surface area contributed by atoms with Crippen LogP contribution < -0.4 is 10.1 Å². The van der Waals surface area contributed by atoms with Gasteiger partial charge in [-0.1, -0.05) is 11.6 Å². The number of hydrogen-bond acceptors (Lipinski definition) is 5. The Labute approximate surface area is 158 Å². The molecule has 0 saturated carbocycles. The van der Waals surface area contributed by atoms with Crippen molar-refractivity contribution in [2.45, 2.75) is 0 Å². The van der Waals surface area contributed by atoms with Crippen molar-refractivity contribution in [1.82, 2.24) is 34.6 Å². The lowest BCUT2D eigenvalue weighted by molar-refractivity contribution is 0.0953. The van der Waals surface area contributed by atoms with E-state index in [0.29, 0.717) is 22.3 Å². The Morgan fingerprint density at radius 3 is 2.85 bits per heavy atom. The number of methoxy groups -OCH3 is 1. The maximum Gasteiger partial charge on any atom is 0.288 e. The fraction of sp³-hybridized carbons (Fsp3) is 0.176. The van der Waals surface area contributed by atoms with Gasteiger partial charge in [0.2, 0.25) is 5.82 Å². The first-order valence-corrected chi connectivity index (χ1v) is 8.42. The number of hydrogen-bond donors (Lipinski definition) is 2. The molecule has 0 saturated heterocycles. The first-order valence-electron chi connectivity index (χ1n) is 8.04. The minimum absolute atomic E-state index is 0.130. The van der Waals surface area contributed by atoms with E-state index in [1.807, 2.05) is 34.5 Å². The molecule has 1 aromatic carbocycles. The molecule has 27 heavy (non-hydrogen) atoms. The summed E-state index contributed by atoms with van der Waals surface area (Å²) in [6.07, 6.45) is 5.20. The van der Waals surface area contributed by atoms with E-state index < -0.39 is 0 Å². The second-order valence-corrected chi connectivity index (χ2v) is 6.22. The van der Waals surface area contributed by atoms with Crippen molar-refractivity contribution in [1.29, 1.82) is 0 Å². The third kappa shape index (κ3) is 2.63. The standard InChI is InChI=1S/C17H16ClN7O2/c1-19-17(26)16-21-15(22-23-16)14-13(25-5-4-20-8-25)9-6-12(27-3)10(18)7-11(9)24(14)2/h4-8H,1-3H3,(H,19,26)(H,21,22,23). The highest BCUT2D eigenvalue weighted by atomic mass is 35.5. The summed E-state index contributed by atoms with van der Waals surface area (Å²) in [5, 5.41) is 10.8. The molecule has 0 fully saturated rings. The zero-order valence-corrected chi connectivity index (χ0v) is 15.6. The summed E-state index contributed by atoms with van der Waals surface area (Å²) in [6, 6.07) is 3.69. The molecule has 4 aromatic rings. The Kier molecular flexibility index (Phi) is 4.08.